The Kier molecular flexibility index (Phi) is 4.40. The highest BCUT2D eigenvalue weighted by atomic mass is 19.1. The number of aryl methyl sites for hydroxylation is 1. The molecular formula is C20H22FN5O3. The van der Waals surface area contributed by atoms with E-state index >= 15 is 0 Å². The minimum Gasteiger partial charge on any atom is -0.341 e. The third kappa shape index (κ3) is 2.88. The van der Waals surface area contributed by atoms with Crippen molar-refractivity contribution in [3.05, 3.63) is 41.5 Å². The molecule has 0 saturated carbocycles. The number of aromatic amines is 1. The van der Waals surface area contributed by atoms with Crippen molar-refractivity contribution in [2.45, 2.75) is 25.3 Å². The van der Waals surface area contributed by atoms with E-state index in [1.54, 1.807) is 31.0 Å². The van der Waals surface area contributed by atoms with E-state index in [1.165, 1.54) is 24.1 Å². The predicted octanol–water partition coefficient (Wildman–Crippen LogP) is 2.02. The minimum absolute atomic E-state index is 0.216. The number of urea groups is 1. The summed E-state index contributed by atoms with van der Waals surface area (Å²) in [6.45, 7) is 2.48. The Balaban J connectivity index is 1.51. The number of H-pyrrole nitrogens is 1. The Morgan fingerprint density at radius 1 is 1.14 bits per heavy atom. The summed E-state index contributed by atoms with van der Waals surface area (Å²) in [5.74, 6) is -0.287. The molecule has 1 N–H and O–H groups in total. The number of hydrogen-bond acceptors (Lipinski definition) is 4. The van der Waals surface area contributed by atoms with E-state index in [2.05, 4.69) is 9.97 Å². The van der Waals surface area contributed by atoms with Gasteiger partial charge in [0.25, 0.3) is 11.8 Å². The van der Waals surface area contributed by atoms with Crippen LogP contribution in [0.4, 0.5) is 9.18 Å². The quantitative estimate of drug-likeness (QED) is 0.783. The second-order valence-electron chi connectivity index (χ2n) is 7.60. The van der Waals surface area contributed by atoms with Crippen molar-refractivity contribution in [2.24, 2.45) is 0 Å². The van der Waals surface area contributed by atoms with Gasteiger partial charge in [0.1, 0.15) is 22.9 Å². The zero-order valence-corrected chi connectivity index (χ0v) is 16.5. The summed E-state index contributed by atoms with van der Waals surface area (Å²) in [5, 5.41) is 0. The van der Waals surface area contributed by atoms with Crippen LogP contribution in [0.2, 0.25) is 0 Å². The first-order valence-electron chi connectivity index (χ1n) is 9.42. The molecule has 8 nitrogen and oxygen atoms in total. The number of hydrogen-bond donors (Lipinski definition) is 1. The Morgan fingerprint density at radius 2 is 1.76 bits per heavy atom. The monoisotopic (exact) mass is 399 g/mol. The lowest BCUT2D eigenvalue weighted by Crippen LogP contribution is -2.56. The van der Waals surface area contributed by atoms with Gasteiger partial charge in [-0.1, -0.05) is 0 Å². The smallest absolute Gasteiger partial charge is 0.327 e. The summed E-state index contributed by atoms with van der Waals surface area (Å²) in [7, 11) is 3.12. The number of amides is 4. The van der Waals surface area contributed by atoms with Crippen molar-refractivity contribution in [1.29, 1.82) is 0 Å². The second kappa shape index (κ2) is 6.68. The minimum atomic E-state index is -0.873. The number of carbonyl (C=O) groups excluding carboxylic acids is 3. The van der Waals surface area contributed by atoms with Gasteiger partial charge in [-0.25, -0.2) is 14.2 Å². The van der Waals surface area contributed by atoms with E-state index in [0.717, 1.165) is 4.90 Å². The molecule has 0 aliphatic carbocycles. The molecular weight excluding hydrogens is 377 g/mol. The molecule has 4 amide bonds. The average Bonchev–Trinajstić information content (AvgIpc) is 3.18. The van der Waals surface area contributed by atoms with Crippen molar-refractivity contribution in [2.75, 3.05) is 27.2 Å². The van der Waals surface area contributed by atoms with Crippen molar-refractivity contribution < 1.29 is 18.8 Å². The summed E-state index contributed by atoms with van der Waals surface area (Å²) >= 11 is 0. The Morgan fingerprint density at radius 3 is 2.31 bits per heavy atom. The molecule has 4 rings (SSSR count). The maximum absolute atomic E-state index is 13.1. The van der Waals surface area contributed by atoms with E-state index < -0.39 is 5.54 Å². The normalized spacial score (nSPS) is 18.8. The van der Waals surface area contributed by atoms with Crippen molar-refractivity contribution in [3.8, 4) is 11.4 Å². The van der Waals surface area contributed by atoms with Gasteiger partial charge in [-0.2, -0.15) is 0 Å². The number of nitrogens with zero attached hydrogens (tertiary/aromatic N) is 4. The first kappa shape index (κ1) is 19.1. The lowest BCUT2D eigenvalue weighted by Gasteiger charge is -2.40. The summed E-state index contributed by atoms with van der Waals surface area (Å²) in [4.78, 5) is 49.6. The fourth-order valence-corrected chi connectivity index (χ4v) is 4.14. The highest BCUT2D eigenvalue weighted by Gasteiger charge is 2.55. The molecule has 1 spiro atoms. The van der Waals surface area contributed by atoms with Gasteiger partial charge in [-0.15, -0.1) is 0 Å². The number of halogens is 1. The van der Waals surface area contributed by atoms with Crippen LogP contribution < -0.4 is 0 Å². The molecule has 2 aliphatic rings. The van der Waals surface area contributed by atoms with Gasteiger partial charge >= 0.3 is 6.03 Å². The summed E-state index contributed by atoms with van der Waals surface area (Å²) in [5.41, 5.74) is 0.742. The van der Waals surface area contributed by atoms with Gasteiger partial charge in [0, 0.05) is 38.4 Å². The third-order valence-electron chi connectivity index (χ3n) is 6.00. The third-order valence-corrected chi connectivity index (χ3v) is 6.00. The molecule has 0 bridgehead atoms. The molecule has 0 radical (unpaired) electrons. The van der Waals surface area contributed by atoms with E-state index in [0.29, 0.717) is 48.7 Å². The standard InChI is InChI=1S/C20H22FN5O3/c1-12-15(23-16(22-12)13-4-6-14(21)7-5-13)17(27)26-10-8-20(9-11-26)18(28)24(2)19(29)25(20)3/h4-7H,8-11H2,1-3H3,(H,22,23). The van der Waals surface area contributed by atoms with E-state index in [9.17, 15) is 18.8 Å². The zero-order valence-electron chi connectivity index (χ0n) is 16.5. The molecule has 1 aromatic heterocycles. The maximum atomic E-state index is 13.1. The lowest BCUT2D eigenvalue weighted by molar-refractivity contribution is -0.134. The maximum Gasteiger partial charge on any atom is 0.327 e. The first-order chi connectivity index (χ1) is 13.7. The average molecular weight is 399 g/mol. The number of imide groups is 1. The second-order valence-corrected chi connectivity index (χ2v) is 7.60. The molecule has 152 valence electrons. The van der Waals surface area contributed by atoms with Crippen molar-refractivity contribution >= 4 is 17.8 Å². The lowest BCUT2D eigenvalue weighted by atomic mass is 9.86. The predicted molar refractivity (Wildman–Crippen MR) is 103 cm³/mol. The molecule has 0 atom stereocenters. The van der Waals surface area contributed by atoms with Crippen LogP contribution >= 0.6 is 0 Å². The summed E-state index contributed by atoms with van der Waals surface area (Å²) in [6.07, 6.45) is 0.775. The van der Waals surface area contributed by atoms with Crippen LogP contribution in [-0.2, 0) is 4.79 Å². The summed E-state index contributed by atoms with van der Waals surface area (Å²) in [6, 6.07) is 5.56. The highest BCUT2D eigenvalue weighted by Crippen LogP contribution is 2.35. The van der Waals surface area contributed by atoms with E-state index in [4.69, 9.17) is 0 Å². The van der Waals surface area contributed by atoms with Gasteiger partial charge in [0.15, 0.2) is 0 Å². The topological polar surface area (TPSA) is 89.6 Å². The van der Waals surface area contributed by atoms with Crippen LogP contribution in [-0.4, -0.2) is 75.2 Å². The molecule has 2 aromatic rings. The van der Waals surface area contributed by atoms with Gasteiger partial charge < -0.3 is 14.8 Å². The van der Waals surface area contributed by atoms with Crippen LogP contribution in [0.1, 0.15) is 29.0 Å². The van der Waals surface area contributed by atoms with Crippen molar-refractivity contribution in [1.82, 2.24) is 24.7 Å². The van der Waals surface area contributed by atoms with Gasteiger partial charge in [0.05, 0.1) is 0 Å². The molecule has 2 fully saturated rings. The number of likely N-dealkylation sites (N-methyl/N-ethyl adjacent to an activating group) is 2. The van der Waals surface area contributed by atoms with Crippen molar-refractivity contribution in [3.63, 3.8) is 0 Å². The number of carbonyl (C=O) groups is 3. The molecule has 3 heterocycles. The van der Waals surface area contributed by atoms with Crippen LogP contribution in [0.25, 0.3) is 11.4 Å². The summed E-state index contributed by atoms with van der Waals surface area (Å²) < 4.78 is 13.1. The number of benzene rings is 1. The SMILES string of the molecule is Cc1[nH]c(-c2ccc(F)cc2)nc1C(=O)N1CCC2(CC1)C(=O)N(C)C(=O)N2C. The molecule has 2 saturated heterocycles. The Hall–Kier alpha value is -3.23. The molecule has 9 heteroatoms. The number of aromatic nitrogens is 2. The fourth-order valence-electron chi connectivity index (χ4n) is 4.14. The van der Waals surface area contributed by atoms with Gasteiger partial charge in [-0.3, -0.25) is 14.5 Å². The highest BCUT2D eigenvalue weighted by molar-refractivity contribution is 6.06. The van der Waals surface area contributed by atoms with Crippen LogP contribution in [0, 0.1) is 12.7 Å². The fraction of sp³-hybridized carbons (Fsp3) is 0.400. The number of piperidine rings is 1. The molecule has 2 aliphatic heterocycles. The van der Waals surface area contributed by atoms with Gasteiger partial charge in [-0.05, 0) is 44.0 Å². The largest absolute Gasteiger partial charge is 0.341 e. The van der Waals surface area contributed by atoms with E-state index in [1.807, 2.05) is 0 Å². The molecule has 0 unspecified atom stereocenters. The number of imidazole rings is 1. The molecule has 1 aromatic carbocycles. The Labute approximate surface area is 167 Å². The van der Waals surface area contributed by atoms with Crippen LogP contribution in [0.15, 0.2) is 24.3 Å². The van der Waals surface area contributed by atoms with E-state index in [-0.39, 0.29) is 23.7 Å². The Bertz CT molecular complexity index is 992. The number of likely N-dealkylation sites (tertiary alicyclic amines) is 1. The van der Waals surface area contributed by atoms with Gasteiger partial charge in [0.2, 0.25) is 0 Å². The van der Waals surface area contributed by atoms with Crippen LogP contribution in [0.3, 0.4) is 0 Å². The van der Waals surface area contributed by atoms with Crippen LogP contribution in [0.5, 0.6) is 0 Å². The molecule has 29 heavy (non-hydrogen) atoms. The zero-order chi connectivity index (χ0) is 20.9. The number of rotatable bonds is 2. The number of nitrogens with one attached hydrogen (secondary N) is 1. The first-order valence-corrected chi connectivity index (χ1v) is 9.42.